The summed E-state index contributed by atoms with van der Waals surface area (Å²) < 4.78 is 0. The molecule has 1 aliphatic carbocycles. The van der Waals surface area contributed by atoms with Gasteiger partial charge in [0.1, 0.15) is 0 Å². The van der Waals surface area contributed by atoms with Gasteiger partial charge in [-0.1, -0.05) is 38.1 Å². The van der Waals surface area contributed by atoms with Gasteiger partial charge in [0, 0.05) is 19.0 Å². The first kappa shape index (κ1) is 13.6. The maximum absolute atomic E-state index is 12.6. The van der Waals surface area contributed by atoms with E-state index < -0.39 is 0 Å². The second-order valence-corrected chi connectivity index (χ2v) is 6.79. The minimum Gasteiger partial charge on any atom is -0.339 e. The third kappa shape index (κ3) is 2.24. The van der Waals surface area contributed by atoms with Crippen molar-refractivity contribution >= 4 is 5.91 Å². The van der Waals surface area contributed by atoms with E-state index in [1.54, 1.807) is 0 Å². The van der Waals surface area contributed by atoms with Gasteiger partial charge in [-0.2, -0.15) is 0 Å². The number of hydrogen-bond acceptors (Lipinski definition) is 2. The van der Waals surface area contributed by atoms with E-state index in [9.17, 15) is 4.79 Å². The van der Waals surface area contributed by atoms with Crippen LogP contribution in [0.15, 0.2) is 24.3 Å². The Labute approximate surface area is 121 Å². The third-order valence-electron chi connectivity index (χ3n) is 5.13. The zero-order chi connectivity index (χ0) is 14.3. The van der Waals surface area contributed by atoms with Crippen LogP contribution in [0, 0.1) is 11.8 Å². The van der Waals surface area contributed by atoms with Gasteiger partial charge in [0.2, 0.25) is 5.91 Å². The minimum absolute atomic E-state index is 0.154. The summed E-state index contributed by atoms with van der Waals surface area (Å²) in [5, 5.41) is 0. The monoisotopic (exact) mass is 272 g/mol. The van der Waals surface area contributed by atoms with Crippen molar-refractivity contribution in [3.63, 3.8) is 0 Å². The zero-order valence-electron chi connectivity index (χ0n) is 12.4. The molecule has 0 aromatic heterocycles. The number of hydrogen-bond donors (Lipinski definition) is 1. The Morgan fingerprint density at radius 1 is 1.30 bits per heavy atom. The smallest absolute Gasteiger partial charge is 0.226 e. The van der Waals surface area contributed by atoms with Crippen LogP contribution < -0.4 is 5.73 Å². The Morgan fingerprint density at radius 2 is 1.95 bits per heavy atom. The van der Waals surface area contributed by atoms with E-state index in [0.29, 0.717) is 11.8 Å². The molecule has 2 aliphatic rings. The molecule has 0 saturated carbocycles. The van der Waals surface area contributed by atoms with Gasteiger partial charge in [-0.25, -0.2) is 0 Å². The molecule has 1 aromatic rings. The number of nitrogens with zero attached hydrogens (tertiary/aromatic N) is 1. The molecule has 1 fully saturated rings. The molecule has 0 radical (unpaired) electrons. The SMILES string of the molecule is CC(C)C1(N)CN(C(=O)C2CCc3ccccc3C2)C1. The maximum Gasteiger partial charge on any atom is 0.226 e. The van der Waals surface area contributed by atoms with E-state index in [1.165, 1.54) is 11.1 Å². The minimum atomic E-state index is -0.164. The number of benzene rings is 1. The predicted molar refractivity (Wildman–Crippen MR) is 80.3 cm³/mol. The highest BCUT2D eigenvalue weighted by Gasteiger charge is 2.45. The van der Waals surface area contributed by atoms with Crippen molar-refractivity contribution in [2.75, 3.05) is 13.1 Å². The van der Waals surface area contributed by atoms with E-state index in [1.807, 2.05) is 4.90 Å². The summed E-state index contributed by atoms with van der Waals surface area (Å²) in [6.07, 6.45) is 2.90. The van der Waals surface area contributed by atoms with Crippen molar-refractivity contribution in [1.82, 2.24) is 4.90 Å². The number of carbonyl (C=O) groups excluding carboxylic acids is 1. The molecule has 3 rings (SSSR count). The van der Waals surface area contributed by atoms with Crippen molar-refractivity contribution in [3.8, 4) is 0 Å². The molecule has 20 heavy (non-hydrogen) atoms. The van der Waals surface area contributed by atoms with Crippen molar-refractivity contribution in [2.24, 2.45) is 17.6 Å². The summed E-state index contributed by atoms with van der Waals surface area (Å²) >= 11 is 0. The average molecular weight is 272 g/mol. The molecule has 0 spiro atoms. The van der Waals surface area contributed by atoms with Gasteiger partial charge in [0.15, 0.2) is 0 Å². The van der Waals surface area contributed by atoms with Gasteiger partial charge in [0.05, 0.1) is 5.54 Å². The number of rotatable bonds is 2. The fourth-order valence-corrected chi connectivity index (χ4v) is 3.35. The second-order valence-electron chi connectivity index (χ2n) is 6.79. The molecule has 1 amide bonds. The molecule has 1 saturated heterocycles. The van der Waals surface area contributed by atoms with Crippen molar-refractivity contribution < 1.29 is 4.79 Å². The van der Waals surface area contributed by atoms with E-state index in [4.69, 9.17) is 5.73 Å². The average Bonchev–Trinajstić information content (AvgIpc) is 2.42. The molecular weight excluding hydrogens is 248 g/mol. The van der Waals surface area contributed by atoms with Crippen LogP contribution in [0.1, 0.15) is 31.4 Å². The maximum atomic E-state index is 12.6. The largest absolute Gasteiger partial charge is 0.339 e. The van der Waals surface area contributed by atoms with Crippen LogP contribution >= 0.6 is 0 Å². The Morgan fingerprint density at radius 3 is 2.60 bits per heavy atom. The highest BCUT2D eigenvalue weighted by Crippen LogP contribution is 2.31. The number of fused-ring (bicyclic) bond motifs is 1. The summed E-state index contributed by atoms with van der Waals surface area (Å²) in [5.41, 5.74) is 8.88. The molecule has 1 heterocycles. The molecule has 3 nitrogen and oxygen atoms in total. The van der Waals surface area contributed by atoms with Crippen LogP contribution in [0.4, 0.5) is 0 Å². The quantitative estimate of drug-likeness (QED) is 0.895. The molecule has 1 aromatic carbocycles. The second kappa shape index (κ2) is 4.88. The summed E-state index contributed by atoms with van der Waals surface area (Å²) in [6, 6.07) is 8.50. The lowest BCUT2D eigenvalue weighted by molar-refractivity contribution is -0.145. The third-order valence-corrected chi connectivity index (χ3v) is 5.13. The first-order valence-corrected chi connectivity index (χ1v) is 7.64. The summed E-state index contributed by atoms with van der Waals surface area (Å²) in [4.78, 5) is 14.5. The van der Waals surface area contributed by atoms with E-state index in [2.05, 4.69) is 38.1 Å². The first-order chi connectivity index (χ1) is 9.49. The van der Waals surface area contributed by atoms with Gasteiger partial charge in [-0.05, 0) is 36.3 Å². The van der Waals surface area contributed by atoms with Crippen molar-refractivity contribution in [3.05, 3.63) is 35.4 Å². The highest BCUT2D eigenvalue weighted by molar-refractivity contribution is 5.80. The number of likely N-dealkylation sites (tertiary alicyclic amines) is 1. The van der Waals surface area contributed by atoms with Gasteiger partial charge in [-0.15, -0.1) is 0 Å². The van der Waals surface area contributed by atoms with Gasteiger partial charge in [0.25, 0.3) is 0 Å². The molecule has 3 heteroatoms. The number of carbonyl (C=O) groups is 1. The number of amides is 1. The summed E-state index contributed by atoms with van der Waals surface area (Å²) in [6.45, 7) is 5.72. The summed E-state index contributed by atoms with van der Waals surface area (Å²) in [7, 11) is 0. The van der Waals surface area contributed by atoms with Gasteiger partial charge < -0.3 is 10.6 Å². The fourth-order valence-electron chi connectivity index (χ4n) is 3.35. The molecular formula is C17H24N2O. The van der Waals surface area contributed by atoms with Crippen LogP contribution in [0.3, 0.4) is 0 Å². The van der Waals surface area contributed by atoms with Gasteiger partial charge in [-0.3, -0.25) is 4.79 Å². The molecule has 2 N–H and O–H groups in total. The molecule has 108 valence electrons. The van der Waals surface area contributed by atoms with Crippen LogP contribution in [0.25, 0.3) is 0 Å². The molecule has 0 bridgehead atoms. The highest BCUT2D eigenvalue weighted by atomic mass is 16.2. The van der Waals surface area contributed by atoms with E-state index in [-0.39, 0.29) is 11.5 Å². The zero-order valence-corrected chi connectivity index (χ0v) is 12.4. The lowest BCUT2D eigenvalue weighted by Crippen LogP contribution is -2.71. The normalized spacial score (nSPS) is 24.2. The number of aryl methyl sites for hydroxylation is 1. The molecule has 1 atom stereocenters. The summed E-state index contributed by atoms with van der Waals surface area (Å²) in [5.74, 6) is 0.890. The number of nitrogens with two attached hydrogens (primary N) is 1. The standard InChI is InChI=1S/C17H24N2O/c1-12(2)17(18)10-19(11-17)16(20)15-8-7-13-5-3-4-6-14(13)9-15/h3-6,12,15H,7-11,18H2,1-2H3. The van der Waals surface area contributed by atoms with Crippen molar-refractivity contribution in [1.29, 1.82) is 0 Å². The van der Waals surface area contributed by atoms with Gasteiger partial charge >= 0.3 is 0 Å². The van der Waals surface area contributed by atoms with Crippen LogP contribution in [-0.4, -0.2) is 29.4 Å². The lowest BCUT2D eigenvalue weighted by atomic mass is 9.77. The molecule has 1 unspecified atom stereocenters. The van der Waals surface area contributed by atoms with E-state index >= 15 is 0 Å². The van der Waals surface area contributed by atoms with Crippen molar-refractivity contribution in [2.45, 2.75) is 38.6 Å². The molecule has 1 aliphatic heterocycles. The van der Waals surface area contributed by atoms with Crippen LogP contribution in [-0.2, 0) is 17.6 Å². The fraction of sp³-hybridized carbons (Fsp3) is 0.588. The van der Waals surface area contributed by atoms with E-state index in [0.717, 1.165) is 32.4 Å². The van der Waals surface area contributed by atoms with Crippen LogP contribution in [0.5, 0.6) is 0 Å². The topological polar surface area (TPSA) is 46.3 Å². The Balaban J connectivity index is 1.64. The lowest BCUT2D eigenvalue weighted by Gasteiger charge is -2.51. The Kier molecular flexibility index (Phi) is 3.33. The Bertz CT molecular complexity index is 517. The van der Waals surface area contributed by atoms with Crippen LogP contribution in [0.2, 0.25) is 0 Å². The first-order valence-electron chi connectivity index (χ1n) is 7.64. The predicted octanol–water partition coefficient (Wildman–Crippen LogP) is 1.99. The Hall–Kier alpha value is -1.35.